The first-order valence-corrected chi connectivity index (χ1v) is 10.9. The summed E-state index contributed by atoms with van der Waals surface area (Å²) in [4.78, 5) is 34.7. The molecule has 0 bridgehead atoms. The second-order valence-corrected chi connectivity index (χ2v) is 9.47. The van der Waals surface area contributed by atoms with Crippen molar-refractivity contribution in [3.05, 3.63) is 61.2 Å². The van der Waals surface area contributed by atoms with Crippen molar-refractivity contribution < 1.29 is 14.7 Å². The fourth-order valence-corrected chi connectivity index (χ4v) is 4.67. The number of carbonyl (C=O) groups excluding carboxylic acids is 2. The second kappa shape index (κ2) is 8.77. The average molecular weight is 478 g/mol. The van der Waals surface area contributed by atoms with Crippen LogP contribution in [0.2, 0.25) is 0 Å². The Balaban J connectivity index is 2.03. The number of ketones is 1. The molecule has 1 N–H and O–H groups in total. The molecule has 154 valence electrons. The van der Waals surface area contributed by atoms with Gasteiger partial charge in [0.15, 0.2) is 5.76 Å². The minimum atomic E-state index is -0.618. The first kappa shape index (κ1) is 21.7. The molecule has 2 aromatic rings. The highest BCUT2D eigenvalue weighted by molar-refractivity contribution is 9.10. The zero-order valence-corrected chi connectivity index (χ0v) is 19.3. The third-order valence-corrected chi connectivity index (χ3v) is 6.45. The predicted octanol–water partition coefficient (Wildman–Crippen LogP) is 4.05. The first-order chi connectivity index (χ1) is 13.7. The van der Waals surface area contributed by atoms with E-state index in [2.05, 4.69) is 20.9 Å². The lowest BCUT2D eigenvalue weighted by molar-refractivity contribution is -0.129. The number of amides is 1. The van der Waals surface area contributed by atoms with E-state index in [4.69, 9.17) is 0 Å². The molecule has 1 aliphatic heterocycles. The number of nitrogens with zero attached hydrogens (tertiary/aromatic N) is 3. The largest absolute Gasteiger partial charge is 0.503 e. The summed E-state index contributed by atoms with van der Waals surface area (Å²) in [6.07, 6.45) is 0.735. The SMILES string of the molecule is Cc1nc(C)c(C(=O)C2=C(O)C(=O)N(CCCN(C)C)[C@@H]2c2ccc(Br)cc2)s1. The molecular weight excluding hydrogens is 454 g/mol. The molecule has 1 atom stereocenters. The van der Waals surface area contributed by atoms with Gasteiger partial charge in [0.25, 0.3) is 5.91 Å². The number of halogens is 1. The number of aliphatic hydroxyl groups is 1. The van der Waals surface area contributed by atoms with Crippen LogP contribution in [-0.4, -0.2) is 58.8 Å². The maximum absolute atomic E-state index is 13.4. The topological polar surface area (TPSA) is 73.7 Å². The molecule has 29 heavy (non-hydrogen) atoms. The molecule has 3 rings (SSSR count). The highest BCUT2D eigenvalue weighted by Crippen LogP contribution is 2.40. The second-order valence-electron chi connectivity index (χ2n) is 7.35. The third kappa shape index (κ3) is 4.44. The Morgan fingerprint density at radius 1 is 1.28 bits per heavy atom. The normalized spacial score (nSPS) is 17.0. The van der Waals surface area contributed by atoms with E-state index in [1.54, 1.807) is 11.8 Å². The van der Waals surface area contributed by atoms with Gasteiger partial charge in [-0.3, -0.25) is 9.59 Å². The molecule has 1 amide bonds. The molecule has 0 fully saturated rings. The Bertz CT molecular complexity index is 966. The number of aliphatic hydroxyl groups excluding tert-OH is 1. The fraction of sp³-hybridized carbons (Fsp3) is 0.381. The lowest BCUT2D eigenvalue weighted by Gasteiger charge is -2.27. The van der Waals surface area contributed by atoms with Crippen LogP contribution in [0.1, 0.15) is 38.4 Å². The number of aromatic nitrogens is 1. The minimum Gasteiger partial charge on any atom is -0.503 e. The van der Waals surface area contributed by atoms with Gasteiger partial charge in [-0.1, -0.05) is 28.1 Å². The summed E-state index contributed by atoms with van der Waals surface area (Å²) in [5.41, 5.74) is 1.54. The number of thiazole rings is 1. The highest BCUT2D eigenvalue weighted by atomic mass is 79.9. The van der Waals surface area contributed by atoms with E-state index >= 15 is 0 Å². The van der Waals surface area contributed by atoms with Gasteiger partial charge in [0, 0.05) is 11.0 Å². The van der Waals surface area contributed by atoms with E-state index in [9.17, 15) is 14.7 Å². The quantitative estimate of drug-likeness (QED) is 0.608. The van der Waals surface area contributed by atoms with Crippen molar-refractivity contribution in [2.24, 2.45) is 0 Å². The lowest BCUT2D eigenvalue weighted by atomic mass is 9.95. The van der Waals surface area contributed by atoms with Crippen LogP contribution < -0.4 is 0 Å². The van der Waals surface area contributed by atoms with Crippen molar-refractivity contribution in [3.63, 3.8) is 0 Å². The van der Waals surface area contributed by atoms with Crippen LogP contribution in [0, 0.1) is 13.8 Å². The van der Waals surface area contributed by atoms with Crippen LogP contribution in [0.25, 0.3) is 0 Å². The minimum absolute atomic E-state index is 0.133. The number of carbonyl (C=O) groups is 2. The summed E-state index contributed by atoms with van der Waals surface area (Å²) in [5.74, 6) is -1.29. The Morgan fingerprint density at radius 3 is 2.48 bits per heavy atom. The maximum atomic E-state index is 13.4. The molecule has 8 heteroatoms. The number of benzene rings is 1. The van der Waals surface area contributed by atoms with Gasteiger partial charge in [-0.05, 0) is 58.6 Å². The summed E-state index contributed by atoms with van der Waals surface area (Å²) in [6, 6.07) is 6.87. The standard InChI is InChI=1S/C21H24BrN3O3S/c1-12-20(29-13(2)23-12)18(26)16-17(14-6-8-15(22)9-7-14)25(21(28)19(16)27)11-5-10-24(3)4/h6-9,17,27H,5,10-11H2,1-4H3/t17-/m1/s1. The number of hydrogen-bond donors (Lipinski definition) is 1. The molecule has 0 unspecified atom stereocenters. The third-order valence-electron chi connectivity index (χ3n) is 4.85. The molecule has 0 aliphatic carbocycles. The molecule has 1 aromatic carbocycles. The van der Waals surface area contributed by atoms with Gasteiger partial charge >= 0.3 is 0 Å². The van der Waals surface area contributed by atoms with E-state index in [1.165, 1.54) is 11.3 Å². The zero-order valence-electron chi connectivity index (χ0n) is 16.9. The molecule has 1 aromatic heterocycles. The van der Waals surface area contributed by atoms with E-state index < -0.39 is 17.7 Å². The van der Waals surface area contributed by atoms with Gasteiger partial charge in [-0.2, -0.15) is 0 Å². The van der Waals surface area contributed by atoms with Gasteiger partial charge in [0.05, 0.1) is 27.2 Å². The molecule has 1 aliphatic rings. The van der Waals surface area contributed by atoms with Gasteiger partial charge in [0.1, 0.15) is 0 Å². The lowest BCUT2D eigenvalue weighted by Crippen LogP contribution is -2.33. The first-order valence-electron chi connectivity index (χ1n) is 9.33. The number of rotatable bonds is 7. The van der Waals surface area contributed by atoms with Crippen LogP contribution in [0.15, 0.2) is 40.1 Å². The molecule has 0 saturated heterocycles. The number of Topliss-reactive ketones (excluding diaryl/α,β-unsaturated/α-hetero) is 1. The van der Waals surface area contributed by atoms with E-state index in [0.717, 1.165) is 28.0 Å². The molecule has 0 spiro atoms. The molecule has 6 nitrogen and oxygen atoms in total. The van der Waals surface area contributed by atoms with Crippen LogP contribution in [0.3, 0.4) is 0 Å². The van der Waals surface area contributed by atoms with Crippen LogP contribution in [-0.2, 0) is 4.79 Å². The monoisotopic (exact) mass is 477 g/mol. The molecule has 2 heterocycles. The van der Waals surface area contributed by atoms with Crippen molar-refractivity contribution in [1.29, 1.82) is 0 Å². The Kier molecular flexibility index (Phi) is 6.55. The van der Waals surface area contributed by atoms with Gasteiger partial charge in [0.2, 0.25) is 5.78 Å². The van der Waals surface area contributed by atoms with Crippen molar-refractivity contribution in [2.75, 3.05) is 27.2 Å². The summed E-state index contributed by atoms with van der Waals surface area (Å²) < 4.78 is 0.903. The summed E-state index contributed by atoms with van der Waals surface area (Å²) in [5, 5.41) is 11.5. The van der Waals surface area contributed by atoms with Crippen LogP contribution in [0.4, 0.5) is 0 Å². The van der Waals surface area contributed by atoms with Gasteiger partial charge in [-0.15, -0.1) is 11.3 Å². The Labute approximate surface area is 183 Å². The summed E-state index contributed by atoms with van der Waals surface area (Å²) in [7, 11) is 3.94. The molecule has 0 radical (unpaired) electrons. The van der Waals surface area contributed by atoms with Crippen LogP contribution in [0.5, 0.6) is 0 Å². The Morgan fingerprint density at radius 2 is 1.93 bits per heavy atom. The predicted molar refractivity (Wildman–Crippen MR) is 117 cm³/mol. The van der Waals surface area contributed by atoms with E-state index in [1.807, 2.05) is 50.2 Å². The zero-order chi connectivity index (χ0) is 21.3. The molecular formula is C21H24BrN3O3S. The van der Waals surface area contributed by atoms with Crippen molar-refractivity contribution in [3.8, 4) is 0 Å². The number of aryl methyl sites for hydroxylation is 2. The Hall–Kier alpha value is -2.03. The fourth-order valence-electron chi connectivity index (χ4n) is 3.53. The summed E-state index contributed by atoms with van der Waals surface area (Å²) in [6.45, 7) is 4.85. The van der Waals surface area contributed by atoms with Crippen molar-refractivity contribution in [2.45, 2.75) is 26.3 Å². The van der Waals surface area contributed by atoms with Gasteiger partial charge < -0.3 is 14.9 Å². The van der Waals surface area contributed by atoms with Crippen LogP contribution >= 0.6 is 27.3 Å². The summed E-state index contributed by atoms with van der Waals surface area (Å²) >= 11 is 4.71. The van der Waals surface area contributed by atoms with Gasteiger partial charge in [-0.25, -0.2) is 4.98 Å². The van der Waals surface area contributed by atoms with E-state index in [0.29, 0.717) is 17.1 Å². The maximum Gasteiger partial charge on any atom is 0.290 e. The number of hydrogen-bond acceptors (Lipinski definition) is 6. The average Bonchev–Trinajstić information content (AvgIpc) is 3.12. The van der Waals surface area contributed by atoms with Crippen molar-refractivity contribution >= 4 is 39.0 Å². The van der Waals surface area contributed by atoms with E-state index in [-0.39, 0.29) is 11.4 Å². The van der Waals surface area contributed by atoms with Crippen molar-refractivity contribution in [1.82, 2.24) is 14.8 Å². The molecule has 0 saturated carbocycles. The highest BCUT2D eigenvalue weighted by Gasteiger charge is 2.44. The smallest absolute Gasteiger partial charge is 0.290 e.